The van der Waals surface area contributed by atoms with E-state index in [2.05, 4.69) is 5.10 Å². The Kier molecular flexibility index (Phi) is 4.13. The van der Waals surface area contributed by atoms with E-state index in [4.69, 9.17) is 5.11 Å². The molecule has 0 bridgehead atoms. The van der Waals surface area contributed by atoms with Crippen LogP contribution in [0.4, 0.5) is 19.0 Å². The van der Waals surface area contributed by atoms with E-state index in [1.54, 1.807) is 31.3 Å². The number of hydrogen-bond donors (Lipinski definition) is 2. The van der Waals surface area contributed by atoms with E-state index < -0.39 is 29.4 Å². The monoisotopic (exact) mass is 327 g/mol. The summed E-state index contributed by atoms with van der Waals surface area (Å²) >= 11 is 0. The van der Waals surface area contributed by atoms with Crippen LogP contribution in [0.3, 0.4) is 0 Å². The molecule has 2 aromatic rings. The number of rotatable bonds is 3. The van der Waals surface area contributed by atoms with Gasteiger partial charge in [-0.2, -0.15) is 18.3 Å². The quantitative estimate of drug-likeness (QED) is 0.908. The predicted octanol–water partition coefficient (Wildman–Crippen LogP) is 2.69. The number of halogens is 3. The average Bonchev–Trinajstić information content (AvgIpc) is 2.80. The largest absolute Gasteiger partial charge is 0.477 e. The van der Waals surface area contributed by atoms with Crippen molar-refractivity contribution in [1.29, 1.82) is 0 Å². The van der Waals surface area contributed by atoms with E-state index in [0.717, 1.165) is 22.0 Å². The number of carboxylic acids is 1. The number of aromatic carboxylic acids is 1. The third-order valence-electron chi connectivity index (χ3n) is 2.94. The zero-order valence-electron chi connectivity index (χ0n) is 12.1. The molecule has 0 aliphatic carbocycles. The van der Waals surface area contributed by atoms with Gasteiger partial charge < -0.3 is 10.4 Å². The molecule has 122 valence electrons. The summed E-state index contributed by atoms with van der Waals surface area (Å²) in [6.07, 6.45) is -4.26. The fraction of sp³-hybridized carbons (Fsp3) is 0.214. The van der Waals surface area contributed by atoms with Crippen LogP contribution in [0.2, 0.25) is 0 Å². The van der Waals surface area contributed by atoms with Crippen LogP contribution in [-0.4, -0.2) is 32.9 Å². The Labute approximate surface area is 128 Å². The predicted molar refractivity (Wildman–Crippen MR) is 74.7 cm³/mol. The summed E-state index contributed by atoms with van der Waals surface area (Å²) in [5.74, 6) is -4.32. The summed E-state index contributed by atoms with van der Waals surface area (Å²) in [5, 5.41) is 14.4. The van der Waals surface area contributed by atoms with Gasteiger partial charge in [-0.15, -0.1) is 0 Å². The van der Waals surface area contributed by atoms with Crippen molar-refractivity contribution in [3.8, 4) is 5.69 Å². The second-order valence-electron chi connectivity index (χ2n) is 4.92. The smallest absolute Gasteiger partial charge is 0.471 e. The lowest BCUT2D eigenvalue weighted by molar-refractivity contribution is -0.167. The molecule has 0 aliphatic rings. The van der Waals surface area contributed by atoms with Crippen LogP contribution in [0.15, 0.2) is 24.4 Å². The topological polar surface area (TPSA) is 84.2 Å². The minimum atomic E-state index is -5.15. The lowest BCUT2D eigenvalue weighted by Gasteiger charge is -2.12. The highest BCUT2D eigenvalue weighted by molar-refractivity contribution is 6.01. The molecule has 0 fully saturated rings. The molecule has 2 N–H and O–H groups in total. The number of carbonyl (C=O) groups excluding carboxylic acids is 1. The molecule has 6 nitrogen and oxygen atoms in total. The maximum Gasteiger partial charge on any atom is 0.471 e. The summed E-state index contributed by atoms with van der Waals surface area (Å²) in [7, 11) is 0. The van der Waals surface area contributed by atoms with Gasteiger partial charge in [0.05, 0.1) is 11.9 Å². The highest BCUT2D eigenvalue weighted by Gasteiger charge is 2.40. The van der Waals surface area contributed by atoms with Gasteiger partial charge >= 0.3 is 18.1 Å². The minimum Gasteiger partial charge on any atom is -0.477 e. The number of benzene rings is 1. The lowest BCUT2D eigenvalue weighted by atomic mass is 10.1. The molecule has 23 heavy (non-hydrogen) atoms. The van der Waals surface area contributed by atoms with Crippen LogP contribution in [0, 0.1) is 13.8 Å². The maximum atomic E-state index is 12.4. The van der Waals surface area contributed by atoms with Crippen molar-refractivity contribution in [1.82, 2.24) is 9.78 Å². The molecule has 0 spiro atoms. The number of nitrogens with zero attached hydrogens (tertiary/aromatic N) is 2. The summed E-state index contributed by atoms with van der Waals surface area (Å²) < 4.78 is 38.3. The molecule has 2 rings (SSSR count). The summed E-state index contributed by atoms with van der Waals surface area (Å²) in [5.41, 5.74) is 1.41. The Morgan fingerprint density at radius 3 is 2.22 bits per heavy atom. The van der Waals surface area contributed by atoms with E-state index in [0.29, 0.717) is 5.69 Å². The number of aryl methyl sites for hydroxylation is 2. The van der Waals surface area contributed by atoms with Crippen LogP contribution >= 0.6 is 0 Å². The molecule has 1 aromatic heterocycles. The average molecular weight is 327 g/mol. The molecule has 0 saturated carbocycles. The third-order valence-corrected chi connectivity index (χ3v) is 2.94. The molecule has 0 unspecified atom stereocenters. The summed E-state index contributed by atoms with van der Waals surface area (Å²) in [4.78, 5) is 22.3. The standard InChI is InChI=1S/C14H12F3N3O3/c1-7-3-8(2)5-9(4-7)20-11(10(6-18-20)12(21)22)19-13(23)14(15,16)17/h3-6H,1-2H3,(H,19,23)(H,21,22). The Bertz CT molecular complexity index is 761. The minimum absolute atomic E-state index is 0.340. The molecule has 1 aromatic carbocycles. The second kappa shape index (κ2) is 5.75. The van der Waals surface area contributed by atoms with Gasteiger partial charge in [0.15, 0.2) is 5.82 Å². The fourth-order valence-electron chi connectivity index (χ4n) is 2.07. The van der Waals surface area contributed by atoms with Crippen molar-refractivity contribution in [2.75, 3.05) is 5.32 Å². The van der Waals surface area contributed by atoms with Crippen molar-refractivity contribution in [3.63, 3.8) is 0 Å². The van der Waals surface area contributed by atoms with Crippen LogP contribution in [0.25, 0.3) is 5.69 Å². The van der Waals surface area contributed by atoms with E-state index in [9.17, 15) is 22.8 Å². The van der Waals surface area contributed by atoms with Gasteiger partial charge in [0, 0.05) is 0 Å². The van der Waals surface area contributed by atoms with Gasteiger partial charge in [-0.1, -0.05) is 6.07 Å². The van der Waals surface area contributed by atoms with Crippen molar-refractivity contribution in [2.24, 2.45) is 0 Å². The summed E-state index contributed by atoms with van der Waals surface area (Å²) in [6, 6.07) is 5.04. The number of carbonyl (C=O) groups is 2. The van der Waals surface area contributed by atoms with Crippen molar-refractivity contribution < 1.29 is 27.9 Å². The SMILES string of the molecule is Cc1cc(C)cc(-n2ncc(C(=O)O)c2NC(=O)C(F)(F)F)c1. The molecular weight excluding hydrogens is 315 g/mol. The number of carboxylic acid groups (broad SMARTS) is 1. The van der Waals surface area contributed by atoms with E-state index in [1.807, 2.05) is 6.07 Å². The first kappa shape index (κ1) is 16.5. The Hall–Kier alpha value is -2.84. The highest BCUT2D eigenvalue weighted by Crippen LogP contribution is 2.25. The fourth-order valence-corrected chi connectivity index (χ4v) is 2.07. The van der Waals surface area contributed by atoms with Gasteiger partial charge in [-0.05, 0) is 37.1 Å². The normalized spacial score (nSPS) is 11.3. The molecular formula is C14H12F3N3O3. The van der Waals surface area contributed by atoms with Gasteiger partial charge in [-0.3, -0.25) is 4.79 Å². The van der Waals surface area contributed by atoms with Gasteiger partial charge in [0.25, 0.3) is 0 Å². The van der Waals surface area contributed by atoms with Gasteiger partial charge in [-0.25, -0.2) is 9.48 Å². The number of nitrogens with one attached hydrogen (secondary N) is 1. The molecule has 0 atom stereocenters. The van der Waals surface area contributed by atoms with E-state index >= 15 is 0 Å². The molecule has 9 heteroatoms. The number of anilines is 1. The molecule has 1 amide bonds. The zero-order valence-corrected chi connectivity index (χ0v) is 12.1. The Balaban J connectivity index is 2.57. The number of hydrogen-bond acceptors (Lipinski definition) is 3. The molecule has 0 aliphatic heterocycles. The maximum absolute atomic E-state index is 12.4. The summed E-state index contributed by atoms with van der Waals surface area (Å²) in [6.45, 7) is 3.54. The number of aromatic nitrogens is 2. The number of alkyl halides is 3. The van der Waals surface area contributed by atoms with E-state index in [1.165, 1.54) is 0 Å². The van der Waals surface area contributed by atoms with Crippen molar-refractivity contribution >= 4 is 17.7 Å². The van der Waals surface area contributed by atoms with Crippen LogP contribution in [0.5, 0.6) is 0 Å². The Morgan fingerprint density at radius 2 is 1.74 bits per heavy atom. The van der Waals surface area contributed by atoms with E-state index in [-0.39, 0.29) is 0 Å². The number of amides is 1. The molecule has 0 radical (unpaired) electrons. The van der Waals surface area contributed by atoms with Gasteiger partial charge in [0.2, 0.25) is 0 Å². The van der Waals surface area contributed by atoms with Crippen LogP contribution in [0.1, 0.15) is 21.5 Å². The first-order valence-corrected chi connectivity index (χ1v) is 6.37. The zero-order chi connectivity index (χ0) is 17.4. The first-order chi connectivity index (χ1) is 10.6. The Morgan fingerprint density at radius 1 is 1.17 bits per heavy atom. The van der Waals surface area contributed by atoms with Gasteiger partial charge in [0.1, 0.15) is 5.56 Å². The van der Waals surface area contributed by atoms with Crippen LogP contribution < -0.4 is 5.32 Å². The molecule has 0 saturated heterocycles. The highest BCUT2D eigenvalue weighted by atomic mass is 19.4. The molecule has 1 heterocycles. The third kappa shape index (κ3) is 3.50. The second-order valence-corrected chi connectivity index (χ2v) is 4.92. The lowest BCUT2D eigenvalue weighted by Crippen LogP contribution is -2.31. The van der Waals surface area contributed by atoms with Crippen molar-refractivity contribution in [3.05, 3.63) is 41.1 Å². The van der Waals surface area contributed by atoms with Crippen molar-refractivity contribution in [2.45, 2.75) is 20.0 Å². The van der Waals surface area contributed by atoms with Crippen LogP contribution in [-0.2, 0) is 4.79 Å². The first-order valence-electron chi connectivity index (χ1n) is 6.37.